The highest BCUT2D eigenvalue weighted by Crippen LogP contribution is 2.08. The van der Waals surface area contributed by atoms with E-state index in [4.69, 9.17) is 0 Å². The molecule has 0 saturated heterocycles. The van der Waals surface area contributed by atoms with Gasteiger partial charge in [0.25, 0.3) is 0 Å². The summed E-state index contributed by atoms with van der Waals surface area (Å²) in [6.45, 7) is 8.60. The maximum atomic E-state index is 2.41. The molecule has 0 saturated carbocycles. The number of nitrogens with zero attached hydrogens (tertiary/aromatic N) is 3. The van der Waals surface area contributed by atoms with Crippen molar-refractivity contribution in [2.24, 2.45) is 0 Å². The van der Waals surface area contributed by atoms with Crippen LogP contribution >= 0.6 is 0 Å². The molecule has 0 fully saturated rings. The Hall–Kier alpha value is -0.120. The Balaban J connectivity index is 3.57. The Morgan fingerprint density at radius 2 is 1.25 bits per heavy atom. The molecule has 122 valence electrons. The fourth-order valence-corrected chi connectivity index (χ4v) is 2.52. The molecule has 0 bridgehead atoms. The topological polar surface area (TPSA) is 3.24 Å². The van der Waals surface area contributed by atoms with E-state index in [0.29, 0.717) is 0 Å². The van der Waals surface area contributed by atoms with E-state index in [1.54, 1.807) is 0 Å². The molecule has 0 spiro atoms. The maximum absolute atomic E-state index is 2.41. The Labute approximate surface area is 128 Å². The van der Waals surface area contributed by atoms with Gasteiger partial charge in [-0.15, -0.1) is 0 Å². The van der Waals surface area contributed by atoms with E-state index in [0.717, 1.165) is 4.48 Å². The van der Waals surface area contributed by atoms with Gasteiger partial charge in [-0.3, -0.25) is 0 Å². The first kappa shape index (κ1) is 19.9. The van der Waals surface area contributed by atoms with Crippen LogP contribution in [0.15, 0.2) is 0 Å². The van der Waals surface area contributed by atoms with E-state index < -0.39 is 0 Å². The van der Waals surface area contributed by atoms with Crippen molar-refractivity contribution in [1.29, 1.82) is 0 Å². The molecule has 0 aliphatic heterocycles. The Bertz CT molecular complexity index is 231. The Kier molecular flexibility index (Phi) is 9.69. The number of hydrogen-bond donors (Lipinski definition) is 0. The molecular weight excluding hydrogens is 246 g/mol. The lowest BCUT2D eigenvalue weighted by Gasteiger charge is -2.31. The molecule has 0 aliphatic carbocycles. The van der Waals surface area contributed by atoms with Crippen LogP contribution in [0.4, 0.5) is 0 Å². The zero-order valence-corrected chi connectivity index (χ0v) is 15.4. The maximum Gasteiger partial charge on any atom is 0.0836 e. The van der Waals surface area contributed by atoms with Crippen LogP contribution < -0.4 is 0 Å². The number of unbranched alkanes of at least 4 members (excludes halogenated alkanes) is 3. The van der Waals surface area contributed by atoms with Crippen molar-refractivity contribution < 1.29 is 8.97 Å². The van der Waals surface area contributed by atoms with Crippen LogP contribution in [0.25, 0.3) is 0 Å². The van der Waals surface area contributed by atoms with Gasteiger partial charge in [-0.1, -0.05) is 13.3 Å². The summed E-state index contributed by atoms with van der Waals surface area (Å²) in [5.74, 6) is 0. The van der Waals surface area contributed by atoms with Crippen LogP contribution in [-0.4, -0.2) is 88.9 Å². The van der Waals surface area contributed by atoms with Crippen molar-refractivity contribution in [1.82, 2.24) is 4.90 Å². The second-order valence-corrected chi connectivity index (χ2v) is 8.06. The van der Waals surface area contributed by atoms with Crippen molar-refractivity contribution in [2.45, 2.75) is 39.0 Å². The van der Waals surface area contributed by atoms with Gasteiger partial charge in [0.1, 0.15) is 0 Å². The van der Waals surface area contributed by atoms with E-state index >= 15 is 0 Å². The molecule has 0 aromatic heterocycles. The summed E-state index contributed by atoms with van der Waals surface area (Å²) in [6.07, 6.45) is 6.86. The van der Waals surface area contributed by atoms with Crippen molar-refractivity contribution in [3.8, 4) is 0 Å². The quantitative estimate of drug-likeness (QED) is 0.394. The van der Waals surface area contributed by atoms with Crippen LogP contribution in [-0.2, 0) is 0 Å². The molecule has 3 heteroatoms. The van der Waals surface area contributed by atoms with Gasteiger partial charge in [0, 0.05) is 6.42 Å². The molecule has 0 rings (SSSR count). The van der Waals surface area contributed by atoms with Gasteiger partial charge in [0.2, 0.25) is 0 Å². The molecule has 0 unspecified atom stereocenters. The first-order valence-electron chi connectivity index (χ1n) is 8.47. The second kappa shape index (κ2) is 9.75. The minimum absolute atomic E-state index is 1.09. The van der Waals surface area contributed by atoms with Gasteiger partial charge in [-0.2, -0.15) is 0 Å². The van der Waals surface area contributed by atoms with Crippen LogP contribution in [0.5, 0.6) is 0 Å². The lowest BCUT2D eigenvalue weighted by molar-refractivity contribution is -0.902. The predicted octanol–water partition coefficient (Wildman–Crippen LogP) is 2.67. The van der Waals surface area contributed by atoms with Crippen LogP contribution in [0.2, 0.25) is 0 Å². The minimum Gasteiger partial charge on any atom is -0.331 e. The Morgan fingerprint density at radius 1 is 0.700 bits per heavy atom. The van der Waals surface area contributed by atoms with Gasteiger partial charge >= 0.3 is 0 Å². The van der Waals surface area contributed by atoms with Crippen LogP contribution in [0.3, 0.4) is 0 Å². The third kappa shape index (κ3) is 12.9. The highest BCUT2D eigenvalue weighted by molar-refractivity contribution is 4.50. The molecule has 0 N–H and O–H groups in total. The molecule has 0 amide bonds. The highest BCUT2D eigenvalue weighted by atomic mass is 15.3. The molecule has 0 radical (unpaired) electrons. The number of rotatable bonds is 12. The molecular formula is C17H41N3+2. The molecule has 0 aliphatic rings. The van der Waals surface area contributed by atoms with E-state index in [1.165, 1.54) is 69.3 Å². The molecule has 20 heavy (non-hydrogen) atoms. The first-order valence-corrected chi connectivity index (χ1v) is 8.47. The van der Waals surface area contributed by atoms with E-state index in [9.17, 15) is 0 Å². The normalized spacial score (nSPS) is 13.2. The van der Waals surface area contributed by atoms with Crippen molar-refractivity contribution in [3.05, 3.63) is 0 Å². The van der Waals surface area contributed by atoms with Gasteiger partial charge in [-0.25, -0.2) is 0 Å². The van der Waals surface area contributed by atoms with Crippen LogP contribution in [0, 0.1) is 0 Å². The second-order valence-electron chi connectivity index (χ2n) is 8.06. The summed E-state index contributed by atoms with van der Waals surface area (Å²) < 4.78 is 2.28. The van der Waals surface area contributed by atoms with Crippen LogP contribution in [0.1, 0.15) is 39.0 Å². The van der Waals surface area contributed by atoms with E-state index in [2.05, 4.69) is 54.1 Å². The van der Waals surface area contributed by atoms with Gasteiger partial charge in [0.05, 0.1) is 54.9 Å². The molecule has 0 atom stereocenters. The fourth-order valence-electron chi connectivity index (χ4n) is 2.52. The standard InChI is InChI=1S/C17H41N3/c1-8-18(2)14-11-9-10-12-16-20(6,7)17-13-15-19(3,4)5/h8-17H2,1-7H3/q+2. The third-order valence-electron chi connectivity index (χ3n) is 4.19. The summed E-state index contributed by atoms with van der Waals surface area (Å²) in [5.41, 5.74) is 0. The van der Waals surface area contributed by atoms with Crippen molar-refractivity contribution >= 4 is 0 Å². The summed E-state index contributed by atoms with van der Waals surface area (Å²) in [7, 11) is 13.8. The number of quaternary nitrogens is 2. The first-order chi connectivity index (χ1) is 9.16. The van der Waals surface area contributed by atoms with E-state index in [1.807, 2.05) is 0 Å². The van der Waals surface area contributed by atoms with E-state index in [-0.39, 0.29) is 0 Å². The molecule has 0 aromatic carbocycles. The van der Waals surface area contributed by atoms with Crippen molar-refractivity contribution in [2.75, 3.05) is 75.0 Å². The Morgan fingerprint density at radius 3 is 1.80 bits per heavy atom. The van der Waals surface area contributed by atoms with Gasteiger partial charge < -0.3 is 13.9 Å². The predicted molar refractivity (Wildman–Crippen MR) is 91.0 cm³/mol. The third-order valence-corrected chi connectivity index (χ3v) is 4.19. The molecule has 0 heterocycles. The average molecular weight is 288 g/mol. The SMILES string of the molecule is CCN(C)CCCCCC[N+](C)(C)CCC[N+](C)(C)C. The summed E-state index contributed by atoms with van der Waals surface area (Å²) in [4.78, 5) is 2.41. The largest absolute Gasteiger partial charge is 0.331 e. The fraction of sp³-hybridized carbons (Fsp3) is 1.00. The monoisotopic (exact) mass is 287 g/mol. The smallest absolute Gasteiger partial charge is 0.0836 e. The average Bonchev–Trinajstić information content (AvgIpc) is 2.31. The summed E-state index contributed by atoms with van der Waals surface area (Å²) in [5, 5.41) is 0. The highest BCUT2D eigenvalue weighted by Gasteiger charge is 2.16. The minimum atomic E-state index is 1.09. The summed E-state index contributed by atoms with van der Waals surface area (Å²) >= 11 is 0. The van der Waals surface area contributed by atoms with Gasteiger partial charge in [0.15, 0.2) is 0 Å². The zero-order valence-electron chi connectivity index (χ0n) is 15.4. The van der Waals surface area contributed by atoms with Gasteiger partial charge in [-0.05, 0) is 39.4 Å². The van der Waals surface area contributed by atoms with Crippen molar-refractivity contribution in [3.63, 3.8) is 0 Å². The molecule has 0 aromatic rings. The number of hydrogen-bond acceptors (Lipinski definition) is 1. The lowest BCUT2D eigenvalue weighted by Crippen LogP contribution is -2.44. The summed E-state index contributed by atoms with van der Waals surface area (Å²) in [6, 6.07) is 0. The molecule has 3 nitrogen and oxygen atoms in total. The lowest BCUT2D eigenvalue weighted by atomic mass is 10.1. The zero-order chi connectivity index (χ0) is 15.6.